The van der Waals surface area contributed by atoms with Crippen LogP contribution in [0.3, 0.4) is 0 Å². The highest BCUT2D eigenvalue weighted by Crippen LogP contribution is 2.03. The highest BCUT2D eigenvalue weighted by atomic mass is 16.2. The summed E-state index contributed by atoms with van der Waals surface area (Å²) in [6, 6.07) is 0. The quantitative estimate of drug-likeness (QED) is 0.724. The Hall–Kier alpha value is -1.10. The first-order valence-corrected chi connectivity index (χ1v) is 5.56. The normalized spacial score (nSPS) is 11.1. The van der Waals surface area contributed by atoms with Gasteiger partial charge in [0.1, 0.15) is 0 Å². The van der Waals surface area contributed by atoms with Gasteiger partial charge in [-0.25, -0.2) is 0 Å². The molecule has 0 radical (unpaired) electrons. The van der Waals surface area contributed by atoms with Gasteiger partial charge in [-0.2, -0.15) is 0 Å². The van der Waals surface area contributed by atoms with Gasteiger partial charge in [0.2, 0.25) is 11.8 Å². The van der Waals surface area contributed by atoms with Crippen molar-refractivity contribution in [1.82, 2.24) is 9.80 Å². The smallest absolute Gasteiger partial charge is 0.242 e. The van der Waals surface area contributed by atoms with Gasteiger partial charge in [0.15, 0.2) is 0 Å². The number of nitrogens with zero attached hydrogens (tertiary/aromatic N) is 2. The second-order valence-electron chi connectivity index (χ2n) is 4.45. The molecule has 0 aromatic heterocycles. The van der Waals surface area contributed by atoms with Crippen LogP contribution in [0.25, 0.3) is 0 Å². The van der Waals surface area contributed by atoms with Crippen LogP contribution in [0.2, 0.25) is 0 Å². The Bertz CT molecular complexity index is 254. The maximum absolute atomic E-state index is 11.7. The third-order valence-corrected chi connectivity index (χ3v) is 2.39. The summed E-state index contributed by atoms with van der Waals surface area (Å²) in [5, 5.41) is 0. The summed E-state index contributed by atoms with van der Waals surface area (Å²) in [6.07, 6.45) is 0. The summed E-state index contributed by atoms with van der Waals surface area (Å²) in [5.41, 5.74) is 4.75. The van der Waals surface area contributed by atoms with Crippen LogP contribution in [0.5, 0.6) is 0 Å². The molecule has 0 aliphatic carbocycles. The summed E-state index contributed by atoms with van der Waals surface area (Å²) in [4.78, 5) is 26.5. The van der Waals surface area contributed by atoms with Crippen molar-refractivity contribution in [2.24, 2.45) is 5.73 Å². The molecular weight excluding hydrogens is 206 g/mol. The summed E-state index contributed by atoms with van der Waals surface area (Å²) < 4.78 is 0. The number of nitrogens with two attached hydrogens (primary N) is 1. The fourth-order valence-corrected chi connectivity index (χ4v) is 1.44. The number of carbonyl (C=O) groups excluding carboxylic acids is 2. The summed E-state index contributed by atoms with van der Waals surface area (Å²) >= 11 is 0. The minimum absolute atomic E-state index is 0.0508. The molecule has 0 spiro atoms. The molecule has 5 heteroatoms. The van der Waals surface area contributed by atoms with Crippen LogP contribution in [0.1, 0.15) is 27.7 Å². The van der Waals surface area contributed by atoms with E-state index in [2.05, 4.69) is 0 Å². The SMILES string of the molecule is CCN(CC)C(=O)CN(C)C(=O)C(C)(C)N. The molecule has 0 aliphatic heterocycles. The van der Waals surface area contributed by atoms with Crippen LogP contribution in [0, 0.1) is 0 Å². The van der Waals surface area contributed by atoms with Gasteiger partial charge in [0.05, 0.1) is 12.1 Å². The van der Waals surface area contributed by atoms with Gasteiger partial charge in [-0.05, 0) is 27.7 Å². The molecule has 16 heavy (non-hydrogen) atoms. The molecule has 0 heterocycles. The molecule has 0 aliphatic rings. The van der Waals surface area contributed by atoms with Crippen LogP contribution in [-0.4, -0.2) is 53.8 Å². The minimum Gasteiger partial charge on any atom is -0.342 e. The van der Waals surface area contributed by atoms with E-state index in [-0.39, 0.29) is 18.4 Å². The molecule has 2 N–H and O–H groups in total. The molecule has 5 nitrogen and oxygen atoms in total. The van der Waals surface area contributed by atoms with Crippen molar-refractivity contribution in [2.45, 2.75) is 33.2 Å². The number of rotatable bonds is 5. The zero-order valence-electron chi connectivity index (χ0n) is 10.9. The van der Waals surface area contributed by atoms with Gasteiger partial charge < -0.3 is 15.5 Å². The van der Waals surface area contributed by atoms with Gasteiger partial charge in [-0.3, -0.25) is 9.59 Å². The minimum atomic E-state index is -0.932. The van der Waals surface area contributed by atoms with Crippen molar-refractivity contribution in [2.75, 3.05) is 26.7 Å². The molecule has 0 aromatic rings. The lowest BCUT2D eigenvalue weighted by molar-refractivity contribution is -0.141. The molecule has 0 rings (SSSR count). The lowest BCUT2D eigenvalue weighted by Crippen LogP contribution is -2.52. The highest BCUT2D eigenvalue weighted by Gasteiger charge is 2.27. The second-order valence-corrected chi connectivity index (χ2v) is 4.45. The fraction of sp³-hybridized carbons (Fsp3) is 0.818. The van der Waals surface area contributed by atoms with E-state index in [1.807, 2.05) is 13.8 Å². The molecule has 0 fully saturated rings. The standard InChI is InChI=1S/C11H23N3O2/c1-6-14(7-2)9(15)8-13(5)10(16)11(3,4)12/h6-8,12H2,1-5H3. The van der Waals surface area contributed by atoms with Crippen molar-refractivity contribution >= 4 is 11.8 Å². The molecule has 0 saturated heterocycles. The largest absolute Gasteiger partial charge is 0.342 e. The topological polar surface area (TPSA) is 66.6 Å². The van der Waals surface area contributed by atoms with E-state index in [9.17, 15) is 9.59 Å². The van der Waals surface area contributed by atoms with Crippen molar-refractivity contribution in [3.8, 4) is 0 Å². The Kier molecular flexibility index (Phi) is 5.44. The van der Waals surface area contributed by atoms with E-state index < -0.39 is 5.54 Å². The first-order valence-electron chi connectivity index (χ1n) is 5.56. The third-order valence-electron chi connectivity index (χ3n) is 2.39. The number of likely N-dealkylation sites (N-methyl/N-ethyl adjacent to an activating group) is 2. The van der Waals surface area contributed by atoms with Gasteiger partial charge in [0.25, 0.3) is 0 Å². The first kappa shape index (κ1) is 14.9. The molecule has 2 amide bonds. The van der Waals surface area contributed by atoms with Crippen LogP contribution in [0.4, 0.5) is 0 Å². The van der Waals surface area contributed by atoms with E-state index in [4.69, 9.17) is 5.73 Å². The van der Waals surface area contributed by atoms with Crippen LogP contribution in [-0.2, 0) is 9.59 Å². The Morgan fingerprint density at radius 1 is 1.19 bits per heavy atom. The molecule has 0 bridgehead atoms. The zero-order valence-corrected chi connectivity index (χ0v) is 10.9. The Morgan fingerprint density at radius 2 is 1.62 bits per heavy atom. The van der Waals surface area contributed by atoms with E-state index in [1.54, 1.807) is 25.8 Å². The van der Waals surface area contributed by atoms with E-state index >= 15 is 0 Å². The number of hydrogen-bond donors (Lipinski definition) is 1. The number of hydrogen-bond acceptors (Lipinski definition) is 3. The summed E-state index contributed by atoms with van der Waals surface area (Å²) in [6.45, 7) is 8.49. The molecule has 94 valence electrons. The van der Waals surface area contributed by atoms with Crippen molar-refractivity contribution in [3.63, 3.8) is 0 Å². The highest BCUT2D eigenvalue weighted by molar-refractivity contribution is 5.89. The Labute approximate surface area is 97.6 Å². The lowest BCUT2D eigenvalue weighted by Gasteiger charge is -2.27. The van der Waals surface area contributed by atoms with E-state index in [0.717, 1.165) is 0 Å². The first-order chi connectivity index (χ1) is 7.23. The summed E-state index contributed by atoms with van der Waals surface area (Å²) in [7, 11) is 1.60. The van der Waals surface area contributed by atoms with Gasteiger partial charge >= 0.3 is 0 Å². The van der Waals surface area contributed by atoms with Crippen LogP contribution < -0.4 is 5.73 Å². The van der Waals surface area contributed by atoms with Gasteiger partial charge in [-0.15, -0.1) is 0 Å². The Balaban J connectivity index is 4.40. The maximum atomic E-state index is 11.7. The van der Waals surface area contributed by atoms with Gasteiger partial charge in [0, 0.05) is 20.1 Å². The summed E-state index contributed by atoms with van der Waals surface area (Å²) in [5.74, 6) is -0.280. The zero-order chi connectivity index (χ0) is 12.9. The van der Waals surface area contributed by atoms with Gasteiger partial charge in [-0.1, -0.05) is 0 Å². The number of carbonyl (C=O) groups is 2. The van der Waals surface area contributed by atoms with E-state index in [1.165, 1.54) is 4.90 Å². The molecule has 0 unspecified atom stereocenters. The number of amides is 2. The average Bonchev–Trinajstić information content (AvgIpc) is 2.16. The lowest BCUT2D eigenvalue weighted by atomic mass is 10.1. The second kappa shape index (κ2) is 5.84. The monoisotopic (exact) mass is 229 g/mol. The average molecular weight is 229 g/mol. The fourth-order valence-electron chi connectivity index (χ4n) is 1.44. The molecular formula is C11H23N3O2. The predicted octanol–water partition coefficient (Wildman–Crippen LogP) is 0.0505. The van der Waals surface area contributed by atoms with Crippen LogP contribution in [0.15, 0.2) is 0 Å². The molecule has 0 aromatic carbocycles. The molecule has 0 atom stereocenters. The van der Waals surface area contributed by atoms with Crippen LogP contribution >= 0.6 is 0 Å². The van der Waals surface area contributed by atoms with Crippen molar-refractivity contribution < 1.29 is 9.59 Å². The van der Waals surface area contributed by atoms with E-state index in [0.29, 0.717) is 13.1 Å². The van der Waals surface area contributed by atoms with Crippen molar-refractivity contribution in [1.29, 1.82) is 0 Å². The third kappa shape index (κ3) is 4.18. The van der Waals surface area contributed by atoms with Crippen molar-refractivity contribution in [3.05, 3.63) is 0 Å². The molecule has 0 saturated carbocycles. The maximum Gasteiger partial charge on any atom is 0.242 e. The Morgan fingerprint density at radius 3 is 1.94 bits per heavy atom. The predicted molar refractivity (Wildman–Crippen MR) is 63.8 cm³/mol.